The van der Waals surface area contributed by atoms with Crippen LogP contribution in [0, 0.1) is 5.41 Å². The summed E-state index contributed by atoms with van der Waals surface area (Å²) in [6.45, 7) is 3.35. The van der Waals surface area contributed by atoms with Crippen LogP contribution >= 0.6 is 23.2 Å². The molecule has 7 heteroatoms. The van der Waals surface area contributed by atoms with Crippen molar-refractivity contribution >= 4 is 46.5 Å². The van der Waals surface area contributed by atoms with Crippen molar-refractivity contribution < 1.29 is 9.59 Å². The van der Waals surface area contributed by atoms with Crippen LogP contribution in [-0.2, 0) is 4.79 Å². The van der Waals surface area contributed by atoms with Gasteiger partial charge in [-0.3, -0.25) is 4.79 Å². The summed E-state index contributed by atoms with van der Waals surface area (Å²) in [5.74, 6) is -0.196. The molecule has 3 rings (SSSR count). The minimum atomic E-state index is -0.988. The van der Waals surface area contributed by atoms with E-state index in [1.807, 2.05) is 4.90 Å². The number of halogens is 2. The number of anilines is 2. The van der Waals surface area contributed by atoms with E-state index in [1.54, 1.807) is 31.2 Å². The van der Waals surface area contributed by atoms with Gasteiger partial charge in [-0.05, 0) is 50.5 Å². The third-order valence-corrected chi connectivity index (χ3v) is 6.15. The molecule has 3 amide bonds. The lowest BCUT2D eigenvalue weighted by Gasteiger charge is -2.21. The summed E-state index contributed by atoms with van der Waals surface area (Å²) in [6.07, 6.45) is 4.92. The molecule has 2 aliphatic rings. The minimum Gasteiger partial charge on any atom is -0.326 e. The van der Waals surface area contributed by atoms with E-state index in [2.05, 4.69) is 10.6 Å². The number of urea groups is 1. The first-order chi connectivity index (χ1) is 11.8. The van der Waals surface area contributed by atoms with Crippen molar-refractivity contribution in [3.63, 3.8) is 0 Å². The van der Waals surface area contributed by atoms with Gasteiger partial charge in [-0.15, -0.1) is 23.2 Å². The van der Waals surface area contributed by atoms with Crippen molar-refractivity contribution in [3.8, 4) is 0 Å². The van der Waals surface area contributed by atoms with E-state index in [9.17, 15) is 9.59 Å². The molecule has 0 bridgehead atoms. The Labute approximate surface area is 158 Å². The van der Waals surface area contributed by atoms with Crippen LogP contribution in [0.25, 0.3) is 0 Å². The van der Waals surface area contributed by atoms with Gasteiger partial charge in [-0.25, -0.2) is 4.79 Å². The number of benzene rings is 1. The highest BCUT2D eigenvalue weighted by molar-refractivity contribution is 6.53. The zero-order valence-corrected chi connectivity index (χ0v) is 15.8. The lowest BCUT2D eigenvalue weighted by atomic mass is 10.1. The fourth-order valence-electron chi connectivity index (χ4n) is 3.03. The smallest absolute Gasteiger partial charge is 0.321 e. The zero-order chi connectivity index (χ0) is 18.1. The molecule has 0 unspecified atom stereocenters. The fourth-order valence-corrected chi connectivity index (χ4v) is 3.73. The Hall–Kier alpha value is -1.46. The average Bonchev–Trinajstić information content (AvgIpc) is 3.20. The number of hydrogen-bond acceptors (Lipinski definition) is 2. The number of nitrogens with zero attached hydrogens (tertiary/aromatic N) is 1. The summed E-state index contributed by atoms with van der Waals surface area (Å²) in [5, 5.41) is 5.73. The van der Waals surface area contributed by atoms with E-state index in [4.69, 9.17) is 23.2 Å². The normalized spacial score (nSPS) is 25.0. The molecule has 25 heavy (non-hydrogen) atoms. The fraction of sp³-hybridized carbons (Fsp3) is 0.556. The second kappa shape index (κ2) is 7.04. The Morgan fingerprint density at radius 3 is 1.92 bits per heavy atom. The highest BCUT2D eigenvalue weighted by Gasteiger charge is 2.67. The highest BCUT2D eigenvalue weighted by atomic mass is 35.5. The Kier molecular flexibility index (Phi) is 5.16. The van der Waals surface area contributed by atoms with E-state index < -0.39 is 9.75 Å². The molecule has 1 aliphatic carbocycles. The molecule has 1 atom stereocenters. The molecule has 5 nitrogen and oxygen atoms in total. The molecule has 1 aromatic rings. The summed E-state index contributed by atoms with van der Waals surface area (Å²) in [6, 6.07) is 6.99. The van der Waals surface area contributed by atoms with Gasteiger partial charge in [0.05, 0.1) is 5.41 Å². The van der Waals surface area contributed by atoms with Crippen LogP contribution in [0.1, 0.15) is 39.0 Å². The highest BCUT2D eigenvalue weighted by Crippen LogP contribution is 2.64. The van der Waals surface area contributed by atoms with Crippen molar-refractivity contribution in [2.45, 2.75) is 43.4 Å². The van der Waals surface area contributed by atoms with E-state index in [1.165, 1.54) is 12.8 Å². The predicted molar refractivity (Wildman–Crippen MR) is 101 cm³/mol. The van der Waals surface area contributed by atoms with Crippen molar-refractivity contribution in [1.29, 1.82) is 0 Å². The maximum Gasteiger partial charge on any atom is 0.321 e. The number of carbonyl (C=O) groups is 2. The van der Waals surface area contributed by atoms with Gasteiger partial charge in [0.15, 0.2) is 0 Å². The van der Waals surface area contributed by atoms with Gasteiger partial charge in [-0.2, -0.15) is 0 Å². The summed E-state index contributed by atoms with van der Waals surface area (Å²) in [7, 11) is 0. The first kappa shape index (κ1) is 18.3. The maximum absolute atomic E-state index is 12.3. The minimum absolute atomic E-state index is 0.0711. The van der Waals surface area contributed by atoms with E-state index in [-0.39, 0.29) is 11.9 Å². The summed E-state index contributed by atoms with van der Waals surface area (Å²) < 4.78 is -0.988. The van der Waals surface area contributed by atoms with Gasteiger partial charge in [-0.1, -0.05) is 12.8 Å². The number of carbonyl (C=O) groups excluding carboxylic acids is 2. The van der Waals surface area contributed by atoms with Crippen molar-refractivity contribution in [1.82, 2.24) is 4.90 Å². The van der Waals surface area contributed by atoms with Crippen LogP contribution < -0.4 is 10.6 Å². The number of alkyl halides is 2. The molecular formula is C18H23Cl2N3O2. The summed E-state index contributed by atoms with van der Waals surface area (Å²) in [4.78, 5) is 26.4. The average molecular weight is 384 g/mol. The molecule has 1 aromatic carbocycles. The second-order valence-corrected chi connectivity index (χ2v) is 8.56. The van der Waals surface area contributed by atoms with Gasteiger partial charge < -0.3 is 15.5 Å². The van der Waals surface area contributed by atoms with Gasteiger partial charge in [0.2, 0.25) is 5.91 Å². The van der Waals surface area contributed by atoms with Gasteiger partial charge >= 0.3 is 6.03 Å². The zero-order valence-electron chi connectivity index (χ0n) is 14.3. The molecule has 0 spiro atoms. The molecule has 0 radical (unpaired) electrons. The van der Waals surface area contributed by atoms with E-state index in [0.29, 0.717) is 17.8 Å². The van der Waals surface area contributed by atoms with Crippen molar-refractivity contribution in [3.05, 3.63) is 24.3 Å². The molecule has 1 aliphatic heterocycles. The van der Waals surface area contributed by atoms with Crippen LogP contribution in [0.4, 0.5) is 16.2 Å². The maximum atomic E-state index is 12.3. The van der Waals surface area contributed by atoms with Gasteiger partial charge in [0.1, 0.15) is 4.33 Å². The van der Waals surface area contributed by atoms with Gasteiger partial charge in [0.25, 0.3) is 0 Å². The Bertz CT molecular complexity index is 655. The van der Waals surface area contributed by atoms with Crippen LogP contribution in [0.3, 0.4) is 0 Å². The third-order valence-electron chi connectivity index (χ3n) is 5.05. The van der Waals surface area contributed by atoms with E-state index >= 15 is 0 Å². The summed E-state index contributed by atoms with van der Waals surface area (Å²) >= 11 is 12.1. The molecular weight excluding hydrogens is 361 g/mol. The van der Waals surface area contributed by atoms with Crippen LogP contribution in [0.5, 0.6) is 0 Å². The monoisotopic (exact) mass is 383 g/mol. The molecule has 136 valence electrons. The third kappa shape index (κ3) is 4.04. The molecule has 2 N–H and O–H groups in total. The standard InChI is InChI=1S/C18H23Cl2N3O2/c1-17(12-18(17,19)20)15(24)21-13-6-8-14(9-7-13)22-16(25)23-10-4-2-3-5-11-23/h6-9H,2-5,10-12H2,1H3,(H,21,24)(H,22,25)/t17-/m1/s1. The Balaban J connectivity index is 1.55. The number of amides is 3. The number of likely N-dealkylation sites (tertiary alicyclic amines) is 1. The van der Waals surface area contributed by atoms with Crippen molar-refractivity contribution in [2.75, 3.05) is 23.7 Å². The van der Waals surface area contributed by atoms with E-state index in [0.717, 1.165) is 25.9 Å². The number of nitrogens with one attached hydrogen (secondary N) is 2. The Morgan fingerprint density at radius 2 is 1.44 bits per heavy atom. The largest absolute Gasteiger partial charge is 0.326 e. The van der Waals surface area contributed by atoms with Crippen molar-refractivity contribution in [2.24, 2.45) is 5.41 Å². The second-order valence-electron chi connectivity index (χ2n) is 7.08. The molecule has 1 saturated heterocycles. The number of rotatable bonds is 3. The first-order valence-electron chi connectivity index (χ1n) is 8.67. The topological polar surface area (TPSA) is 61.4 Å². The number of hydrogen-bond donors (Lipinski definition) is 2. The van der Waals surface area contributed by atoms with Gasteiger partial charge in [0, 0.05) is 24.5 Å². The van der Waals surface area contributed by atoms with Crippen LogP contribution in [-0.4, -0.2) is 34.3 Å². The van der Waals surface area contributed by atoms with Crippen LogP contribution in [0.2, 0.25) is 0 Å². The lowest BCUT2D eigenvalue weighted by Crippen LogP contribution is -2.35. The lowest BCUT2D eigenvalue weighted by molar-refractivity contribution is -0.120. The Morgan fingerprint density at radius 1 is 0.960 bits per heavy atom. The summed E-state index contributed by atoms with van der Waals surface area (Å²) in [5.41, 5.74) is 0.597. The molecule has 2 fully saturated rings. The molecule has 1 saturated carbocycles. The first-order valence-corrected chi connectivity index (χ1v) is 9.43. The quantitative estimate of drug-likeness (QED) is 0.748. The SMILES string of the molecule is C[C@]1(C(=O)Nc2ccc(NC(=O)N3CCCCCC3)cc2)CC1(Cl)Cl. The molecule has 1 heterocycles. The van der Waals surface area contributed by atoms with Crippen LogP contribution in [0.15, 0.2) is 24.3 Å². The molecule has 0 aromatic heterocycles. The predicted octanol–water partition coefficient (Wildman–Crippen LogP) is 4.62.